The molecule has 2 heteroatoms. The molecule has 2 unspecified atom stereocenters. The molecule has 20 heavy (non-hydrogen) atoms. The van der Waals surface area contributed by atoms with Crippen molar-refractivity contribution in [3.8, 4) is 5.75 Å². The van der Waals surface area contributed by atoms with Gasteiger partial charge in [-0.3, -0.25) is 0 Å². The zero-order chi connectivity index (χ0) is 13.9. The van der Waals surface area contributed by atoms with E-state index in [-0.39, 0.29) is 12.1 Å². The molecule has 0 spiro atoms. The fraction of sp³-hybridized carbons (Fsp3) is 0.333. The van der Waals surface area contributed by atoms with Crippen LogP contribution in [0, 0.1) is 6.92 Å². The van der Waals surface area contributed by atoms with Crippen LogP contribution in [0.5, 0.6) is 5.75 Å². The Hall–Kier alpha value is -1.80. The summed E-state index contributed by atoms with van der Waals surface area (Å²) in [5.41, 5.74) is 4.05. The summed E-state index contributed by atoms with van der Waals surface area (Å²) in [5, 5.41) is 3.42. The second-order valence-electron chi connectivity index (χ2n) is 5.48. The quantitative estimate of drug-likeness (QED) is 0.916. The maximum atomic E-state index is 6.23. The molecule has 2 atom stereocenters. The largest absolute Gasteiger partial charge is 0.488 e. The molecule has 2 aromatic carbocycles. The van der Waals surface area contributed by atoms with Gasteiger partial charge in [-0.2, -0.15) is 0 Å². The van der Waals surface area contributed by atoms with Gasteiger partial charge in [0.05, 0.1) is 6.04 Å². The Kier molecular flexibility index (Phi) is 3.75. The molecule has 0 saturated heterocycles. The van der Waals surface area contributed by atoms with Crippen LogP contribution in [0.15, 0.2) is 48.5 Å². The fourth-order valence-electron chi connectivity index (χ4n) is 3.06. The van der Waals surface area contributed by atoms with Crippen molar-refractivity contribution in [2.75, 3.05) is 7.05 Å². The Labute approximate surface area is 120 Å². The Morgan fingerprint density at radius 3 is 2.75 bits per heavy atom. The van der Waals surface area contributed by atoms with Gasteiger partial charge in [0.25, 0.3) is 0 Å². The van der Waals surface area contributed by atoms with E-state index in [9.17, 15) is 0 Å². The van der Waals surface area contributed by atoms with Crippen molar-refractivity contribution in [2.45, 2.75) is 31.9 Å². The van der Waals surface area contributed by atoms with Gasteiger partial charge in [0.2, 0.25) is 0 Å². The Bertz CT molecular complexity index is 593. The van der Waals surface area contributed by atoms with Crippen molar-refractivity contribution in [3.05, 3.63) is 65.2 Å². The van der Waals surface area contributed by atoms with E-state index < -0.39 is 0 Å². The summed E-state index contributed by atoms with van der Waals surface area (Å²) in [6.45, 7) is 2.10. The van der Waals surface area contributed by atoms with E-state index in [1.165, 1.54) is 16.7 Å². The monoisotopic (exact) mass is 267 g/mol. The number of likely N-dealkylation sites (N-methyl/N-ethyl adjacent to an activating group) is 1. The molecule has 0 aromatic heterocycles. The Morgan fingerprint density at radius 1 is 1.10 bits per heavy atom. The number of ether oxygens (including phenoxy) is 1. The highest BCUT2D eigenvalue weighted by molar-refractivity contribution is 5.34. The van der Waals surface area contributed by atoms with E-state index in [1.54, 1.807) is 0 Å². The van der Waals surface area contributed by atoms with Crippen LogP contribution in [0.3, 0.4) is 0 Å². The lowest BCUT2D eigenvalue weighted by molar-refractivity contribution is 0.139. The third-order valence-electron chi connectivity index (χ3n) is 4.05. The highest BCUT2D eigenvalue weighted by atomic mass is 16.5. The molecule has 1 N–H and O–H groups in total. The highest BCUT2D eigenvalue weighted by Crippen LogP contribution is 2.32. The van der Waals surface area contributed by atoms with Crippen molar-refractivity contribution in [3.63, 3.8) is 0 Å². The lowest BCUT2D eigenvalue weighted by Gasteiger charge is -2.33. The van der Waals surface area contributed by atoms with Gasteiger partial charge in [0.15, 0.2) is 0 Å². The average Bonchev–Trinajstić information content (AvgIpc) is 2.47. The van der Waals surface area contributed by atoms with E-state index in [1.807, 2.05) is 13.1 Å². The standard InChI is InChI=1S/C18H21NO/c1-13-6-5-8-15(12-13)20-17-11-10-14-7-3-4-9-16(14)18(17)19-2/h3-9,12,17-19H,10-11H2,1-2H3. The van der Waals surface area contributed by atoms with E-state index in [4.69, 9.17) is 4.74 Å². The molecule has 2 aromatic rings. The number of rotatable bonds is 3. The zero-order valence-corrected chi connectivity index (χ0v) is 12.1. The molecule has 104 valence electrons. The SMILES string of the molecule is CNC1c2ccccc2CCC1Oc1cccc(C)c1. The van der Waals surface area contributed by atoms with Gasteiger partial charge in [0, 0.05) is 0 Å². The minimum atomic E-state index is 0.191. The lowest BCUT2D eigenvalue weighted by atomic mass is 9.85. The van der Waals surface area contributed by atoms with Gasteiger partial charge in [-0.1, -0.05) is 36.4 Å². The molecular formula is C18H21NO. The predicted octanol–water partition coefficient (Wildman–Crippen LogP) is 3.65. The molecule has 0 aliphatic heterocycles. The van der Waals surface area contributed by atoms with Gasteiger partial charge in [-0.15, -0.1) is 0 Å². The molecular weight excluding hydrogens is 246 g/mol. The van der Waals surface area contributed by atoms with E-state index in [0.717, 1.165) is 18.6 Å². The highest BCUT2D eigenvalue weighted by Gasteiger charge is 2.29. The van der Waals surface area contributed by atoms with Crippen LogP contribution in [-0.2, 0) is 6.42 Å². The maximum Gasteiger partial charge on any atom is 0.120 e. The zero-order valence-electron chi connectivity index (χ0n) is 12.1. The van der Waals surface area contributed by atoms with Crippen LogP contribution in [0.25, 0.3) is 0 Å². The Balaban J connectivity index is 1.84. The van der Waals surface area contributed by atoms with Gasteiger partial charge < -0.3 is 10.1 Å². The average molecular weight is 267 g/mol. The first-order valence-electron chi connectivity index (χ1n) is 7.26. The van der Waals surface area contributed by atoms with Crippen LogP contribution in [-0.4, -0.2) is 13.2 Å². The topological polar surface area (TPSA) is 21.3 Å². The number of hydrogen-bond donors (Lipinski definition) is 1. The number of aryl methyl sites for hydroxylation is 2. The van der Waals surface area contributed by atoms with Crippen LogP contribution < -0.4 is 10.1 Å². The van der Waals surface area contributed by atoms with E-state index in [2.05, 4.69) is 54.7 Å². The van der Waals surface area contributed by atoms with E-state index >= 15 is 0 Å². The van der Waals surface area contributed by atoms with E-state index in [0.29, 0.717) is 0 Å². The van der Waals surface area contributed by atoms with Gasteiger partial charge in [-0.05, 0) is 55.6 Å². The molecule has 1 aliphatic carbocycles. The third-order valence-corrected chi connectivity index (χ3v) is 4.05. The van der Waals surface area contributed by atoms with Crippen LogP contribution in [0.1, 0.15) is 29.2 Å². The molecule has 0 heterocycles. The summed E-state index contributed by atoms with van der Waals surface area (Å²) in [4.78, 5) is 0. The smallest absolute Gasteiger partial charge is 0.120 e. The molecule has 0 radical (unpaired) electrons. The molecule has 0 fully saturated rings. The molecule has 2 nitrogen and oxygen atoms in total. The van der Waals surface area contributed by atoms with Crippen molar-refractivity contribution < 1.29 is 4.74 Å². The van der Waals surface area contributed by atoms with Gasteiger partial charge in [0.1, 0.15) is 11.9 Å². The second kappa shape index (κ2) is 5.68. The first kappa shape index (κ1) is 13.2. The Morgan fingerprint density at radius 2 is 1.95 bits per heavy atom. The molecule has 1 aliphatic rings. The minimum absolute atomic E-state index is 0.191. The van der Waals surface area contributed by atoms with Crippen molar-refractivity contribution >= 4 is 0 Å². The molecule has 0 amide bonds. The summed E-state index contributed by atoms with van der Waals surface area (Å²) in [6, 6.07) is 17.2. The first-order valence-corrected chi connectivity index (χ1v) is 7.26. The second-order valence-corrected chi connectivity index (χ2v) is 5.48. The third kappa shape index (κ3) is 2.56. The predicted molar refractivity (Wildman–Crippen MR) is 82.2 cm³/mol. The summed E-state index contributed by atoms with van der Waals surface area (Å²) in [5.74, 6) is 0.967. The van der Waals surface area contributed by atoms with Crippen LogP contribution in [0.4, 0.5) is 0 Å². The summed E-state index contributed by atoms with van der Waals surface area (Å²) < 4.78 is 6.23. The van der Waals surface area contributed by atoms with Gasteiger partial charge in [-0.25, -0.2) is 0 Å². The number of fused-ring (bicyclic) bond motifs is 1. The van der Waals surface area contributed by atoms with Crippen molar-refractivity contribution in [2.24, 2.45) is 0 Å². The minimum Gasteiger partial charge on any atom is -0.488 e. The maximum absolute atomic E-state index is 6.23. The lowest BCUT2D eigenvalue weighted by Crippen LogP contribution is -2.37. The van der Waals surface area contributed by atoms with Gasteiger partial charge >= 0.3 is 0 Å². The van der Waals surface area contributed by atoms with Crippen LogP contribution in [0.2, 0.25) is 0 Å². The summed E-state index contributed by atoms with van der Waals surface area (Å²) in [7, 11) is 2.01. The van der Waals surface area contributed by atoms with Crippen molar-refractivity contribution in [1.82, 2.24) is 5.32 Å². The summed E-state index contributed by atoms with van der Waals surface area (Å²) in [6.07, 6.45) is 2.33. The summed E-state index contributed by atoms with van der Waals surface area (Å²) >= 11 is 0. The fourth-order valence-corrected chi connectivity index (χ4v) is 3.06. The normalized spacial score (nSPS) is 21.3. The van der Waals surface area contributed by atoms with Crippen molar-refractivity contribution in [1.29, 1.82) is 0 Å². The number of nitrogens with one attached hydrogen (secondary N) is 1. The number of benzene rings is 2. The molecule has 3 rings (SSSR count). The van der Waals surface area contributed by atoms with Crippen LogP contribution >= 0.6 is 0 Å². The number of hydrogen-bond acceptors (Lipinski definition) is 2. The first-order chi connectivity index (χ1) is 9.78. The molecule has 0 saturated carbocycles. The molecule has 0 bridgehead atoms.